The molecule has 0 rings (SSSR count). The van der Waals surface area contributed by atoms with Crippen molar-refractivity contribution in [3.05, 3.63) is 0 Å². The summed E-state index contributed by atoms with van der Waals surface area (Å²) < 4.78 is 14.7. The van der Waals surface area contributed by atoms with E-state index in [0.717, 1.165) is 77.0 Å². The Morgan fingerprint density at radius 3 is 0.860 bits per heavy atom. The number of aliphatic hydroxyl groups is 6. The van der Waals surface area contributed by atoms with Crippen LogP contribution in [0.15, 0.2) is 0 Å². The molecule has 0 bridgehead atoms. The van der Waals surface area contributed by atoms with Gasteiger partial charge in [0, 0.05) is 0 Å². The van der Waals surface area contributed by atoms with Gasteiger partial charge in [0.25, 0.3) is 0 Å². The zero-order valence-electron chi connectivity index (χ0n) is 26.4. The van der Waals surface area contributed by atoms with E-state index in [0.29, 0.717) is 19.3 Å². The topological polar surface area (TPSA) is 200 Å². The van der Waals surface area contributed by atoms with Crippen LogP contribution in [0.3, 0.4) is 0 Å². The van der Waals surface area contributed by atoms with Gasteiger partial charge < -0.3 is 0 Å². The van der Waals surface area contributed by atoms with Gasteiger partial charge in [0.05, 0.1) is 0 Å². The normalized spacial score (nSPS) is 12.4. The molecule has 12 nitrogen and oxygen atoms in total. The number of carbonyl (C=O) groups excluding carboxylic acids is 3. The summed E-state index contributed by atoms with van der Waals surface area (Å²) in [7, 11) is 0. The van der Waals surface area contributed by atoms with Crippen LogP contribution in [0.2, 0.25) is 0 Å². The van der Waals surface area contributed by atoms with E-state index in [4.69, 9.17) is 8.44 Å². The summed E-state index contributed by atoms with van der Waals surface area (Å²) in [6.45, 7) is 6.17. The quantitative estimate of drug-likeness (QED) is 0.0398. The van der Waals surface area contributed by atoms with Crippen LogP contribution in [-0.2, 0) is 22.8 Å². The molecule has 0 aromatic heterocycles. The van der Waals surface area contributed by atoms with Gasteiger partial charge in [-0.3, -0.25) is 0 Å². The maximum absolute atomic E-state index is 12.6. The number of unbranched alkanes of at least 4 members (excludes halogenated alkanes) is 15. The Balaban J connectivity index is 5.36. The first-order valence-corrected chi connectivity index (χ1v) is 20.3. The van der Waals surface area contributed by atoms with Crippen LogP contribution in [-0.4, -0.2) is 89.0 Å². The molecule has 0 atom stereocenters. The second-order valence-electron chi connectivity index (χ2n) is 11.4. The monoisotopic (exact) mass is 818 g/mol. The van der Waals surface area contributed by atoms with Crippen LogP contribution >= 0.6 is 0 Å². The van der Waals surface area contributed by atoms with Crippen molar-refractivity contribution in [2.24, 2.45) is 0 Å². The molecule has 0 saturated heterocycles. The van der Waals surface area contributed by atoms with Crippen LogP contribution in [0.25, 0.3) is 0 Å². The zero-order valence-corrected chi connectivity index (χ0v) is 29.9. The molecule has 0 aliphatic heterocycles. The van der Waals surface area contributed by atoms with E-state index in [1.807, 2.05) is 0 Å². The van der Waals surface area contributed by atoms with Gasteiger partial charge in [0.1, 0.15) is 0 Å². The van der Waals surface area contributed by atoms with Crippen molar-refractivity contribution in [3.63, 3.8) is 0 Å². The molecule has 0 fully saturated rings. The molecule has 0 amide bonds. The van der Waals surface area contributed by atoms with Crippen molar-refractivity contribution in [1.29, 1.82) is 0 Å². The molecule has 0 aliphatic carbocycles. The Hall–Kier alpha value is -0.947. The fraction of sp³-hybridized carbons (Fsp3) is 0.900. The van der Waals surface area contributed by atoms with Crippen LogP contribution in [0.1, 0.15) is 156 Å². The summed E-state index contributed by atoms with van der Waals surface area (Å²) in [5, 5.41) is 61.6. The molecule has 254 valence electrons. The van der Waals surface area contributed by atoms with Gasteiger partial charge in [0.15, 0.2) is 0 Å². The number of hydrogen-bond donors (Lipinski definition) is 6. The van der Waals surface area contributed by atoms with Gasteiger partial charge in [0.2, 0.25) is 0 Å². The Bertz CT molecular complexity index is 672. The van der Waals surface area contributed by atoms with E-state index < -0.39 is 77.6 Å². The van der Waals surface area contributed by atoms with E-state index in [9.17, 15) is 45.0 Å². The summed E-state index contributed by atoms with van der Waals surface area (Å²) in [5.74, 6) is -13.9. The molecule has 0 unspecified atom stereocenters. The molecule has 0 heterocycles. The molecular formula is C30H57BiO12. The second kappa shape index (κ2) is 23.4. The maximum atomic E-state index is 12.6. The van der Waals surface area contributed by atoms with E-state index in [1.165, 1.54) is 0 Å². The summed E-state index contributed by atoms with van der Waals surface area (Å²) in [4.78, 5) is 37.8. The first-order valence-electron chi connectivity index (χ1n) is 16.0. The number of rotatable bonds is 27. The molecule has 13 heteroatoms. The summed E-state index contributed by atoms with van der Waals surface area (Å²) in [5.41, 5.74) is 0. The number of hydrogen-bond acceptors (Lipinski definition) is 12. The van der Waals surface area contributed by atoms with Gasteiger partial charge in [-0.2, -0.15) is 0 Å². The van der Waals surface area contributed by atoms with E-state index in [2.05, 4.69) is 20.8 Å². The predicted molar refractivity (Wildman–Crippen MR) is 160 cm³/mol. The average Bonchev–Trinajstić information content (AvgIpc) is 2.94. The van der Waals surface area contributed by atoms with Crippen LogP contribution in [0.4, 0.5) is 0 Å². The molecule has 0 aromatic rings. The summed E-state index contributed by atoms with van der Waals surface area (Å²) in [6.07, 6.45) is 13.0. The van der Waals surface area contributed by atoms with E-state index >= 15 is 0 Å². The average molecular weight is 819 g/mol. The molecule has 43 heavy (non-hydrogen) atoms. The molecule has 0 spiro atoms. The van der Waals surface area contributed by atoms with Crippen molar-refractivity contribution in [3.8, 4) is 0 Å². The summed E-state index contributed by atoms with van der Waals surface area (Å²) in [6, 6.07) is 0. The molecule has 0 radical (unpaired) electrons. The van der Waals surface area contributed by atoms with Gasteiger partial charge in [-0.25, -0.2) is 0 Å². The Labute approximate surface area is 266 Å². The minimum absolute atomic E-state index is 0.272. The second-order valence-corrected chi connectivity index (χ2v) is 15.2. The predicted octanol–water partition coefficient (Wildman–Crippen LogP) is 3.90. The summed E-state index contributed by atoms with van der Waals surface area (Å²) >= 11 is -5.19. The van der Waals surface area contributed by atoms with Crippen LogP contribution in [0, 0.1) is 0 Å². The minimum atomic E-state index is -5.19. The third-order valence-corrected chi connectivity index (χ3v) is 10.8. The molecule has 6 N–H and O–H groups in total. The molecule has 0 aromatic carbocycles. The van der Waals surface area contributed by atoms with Gasteiger partial charge in [-0.05, 0) is 0 Å². The Kier molecular flexibility index (Phi) is 22.9. The Morgan fingerprint density at radius 1 is 0.419 bits per heavy atom. The SMILES string of the molecule is CCCCCCCCC(O)(O)C(=O)[O][Bi]([O]C(=O)C(O)(O)CCCCCCCC)[O]C(=O)C(O)(O)CCCCCCCC. The van der Waals surface area contributed by atoms with Gasteiger partial charge >= 0.3 is 267 Å². The van der Waals surface area contributed by atoms with Crippen molar-refractivity contribution in [1.82, 2.24) is 0 Å². The first-order chi connectivity index (χ1) is 20.2. The fourth-order valence-electron chi connectivity index (χ4n) is 4.24. The van der Waals surface area contributed by atoms with Crippen molar-refractivity contribution < 1.29 is 53.5 Å². The zero-order chi connectivity index (χ0) is 32.8. The fourth-order valence-corrected chi connectivity index (χ4v) is 7.96. The van der Waals surface area contributed by atoms with Crippen molar-refractivity contribution in [2.45, 2.75) is 173 Å². The molecule has 0 aliphatic rings. The first kappa shape index (κ1) is 42.1. The third kappa shape index (κ3) is 19.9. The van der Waals surface area contributed by atoms with Crippen molar-refractivity contribution in [2.75, 3.05) is 0 Å². The van der Waals surface area contributed by atoms with E-state index in [-0.39, 0.29) is 19.3 Å². The molecule has 0 saturated carbocycles. The van der Waals surface area contributed by atoms with Gasteiger partial charge in [-0.1, -0.05) is 0 Å². The number of carbonyl (C=O) groups is 3. The third-order valence-electron chi connectivity index (χ3n) is 7.09. The van der Waals surface area contributed by atoms with Crippen LogP contribution < -0.4 is 0 Å². The molecular weight excluding hydrogens is 761 g/mol. The van der Waals surface area contributed by atoms with Crippen molar-refractivity contribution >= 4 is 41.0 Å². The standard InChI is InChI=1S/3C10H20O4.Bi/c3*1-2-3-4-5-6-7-8-10(13,14)9(11)12;/h3*13-14H,2-8H2,1H3,(H,11,12);/q;;;+3/p-3. The van der Waals surface area contributed by atoms with E-state index in [1.54, 1.807) is 0 Å². The van der Waals surface area contributed by atoms with Crippen LogP contribution in [0.5, 0.6) is 0 Å². The van der Waals surface area contributed by atoms with Gasteiger partial charge in [-0.15, -0.1) is 0 Å². The Morgan fingerprint density at radius 2 is 0.628 bits per heavy atom.